The van der Waals surface area contributed by atoms with Crippen molar-refractivity contribution >= 4 is 33.1 Å². The van der Waals surface area contributed by atoms with Gasteiger partial charge >= 0.3 is 0 Å². The van der Waals surface area contributed by atoms with Crippen molar-refractivity contribution in [1.29, 1.82) is 0 Å². The Balaban J connectivity index is 2.22. The van der Waals surface area contributed by atoms with E-state index in [1.807, 2.05) is 6.07 Å². The number of nitrogens with zero attached hydrogens (tertiary/aromatic N) is 1. The molecule has 0 spiro atoms. The number of nitrogens with two attached hydrogens (primary N) is 1. The summed E-state index contributed by atoms with van der Waals surface area (Å²) in [4.78, 5) is 15.8. The third kappa shape index (κ3) is 2.91. The standard InChI is InChI=1S/C16H15N3O3S2/c1-10(11-5-4-6-12(9-11)24(17,21)22)19-15(20)13-7-2-3-8-14(13)18-16(19)23/h2-10H,1H3,(H,18,23)(H2,17,21,22). The number of rotatable bonds is 3. The van der Waals surface area contributed by atoms with Crippen molar-refractivity contribution in [2.75, 3.05) is 0 Å². The summed E-state index contributed by atoms with van der Waals surface area (Å²) in [6.07, 6.45) is 0. The molecule has 1 atom stereocenters. The van der Waals surface area contributed by atoms with E-state index in [1.165, 1.54) is 16.7 Å². The number of primary sulfonamides is 1. The Morgan fingerprint density at radius 3 is 2.58 bits per heavy atom. The number of H-pyrrole nitrogens is 1. The summed E-state index contributed by atoms with van der Waals surface area (Å²) < 4.78 is 24.8. The molecule has 2 aromatic carbocycles. The summed E-state index contributed by atoms with van der Waals surface area (Å²) in [5, 5.41) is 5.69. The molecule has 0 saturated carbocycles. The number of para-hydroxylation sites is 1. The molecule has 0 aliphatic rings. The van der Waals surface area contributed by atoms with Crippen molar-refractivity contribution in [3.63, 3.8) is 0 Å². The van der Waals surface area contributed by atoms with Crippen molar-refractivity contribution in [1.82, 2.24) is 9.55 Å². The monoisotopic (exact) mass is 361 g/mol. The normalized spacial score (nSPS) is 13.1. The van der Waals surface area contributed by atoms with Crippen LogP contribution in [0.5, 0.6) is 0 Å². The molecule has 0 fully saturated rings. The van der Waals surface area contributed by atoms with E-state index < -0.39 is 16.1 Å². The fourth-order valence-corrected chi connectivity index (χ4v) is 3.55. The topological polar surface area (TPSA) is 97.9 Å². The van der Waals surface area contributed by atoms with Gasteiger partial charge in [0.1, 0.15) is 0 Å². The predicted molar refractivity (Wildman–Crippen MR) is 95.0 cm³/mol. The SMILES string of the molecule is CC(c1cccc(S(N)(=O)=O)c1)n1c(=S)[nH]c2ccccc2c1=O. The minimum atomic E-state index is -3.82. The average molecular weight is 361 g/mol. The lowest BCUT2D eigenvalue weighted by atomic mass is 10.1. The van der Waals surface area contributed by atoms with Crippen LogP contribution in [0, 0.1) is 4.77 Å². The van der Waals surface area contributed by atoms with Crippen LogP contribution in [0.2, 0.25) is 0 Å². The van der Waals surface area contributed by atoms with Crippen LogP contribution in [-0.4, -0.2) is 18.0 Å². The smallest absolute Gasteiger partial charge is 0.262 e. The van der Waals surface area contributed by atoms with Crippen LogP contribution in [0.15, 0.2) is 58.2 Å². The number of hydrogen-bond donors (Lipinski definition) is 2. The van der Waals surface area contributed by atoms with E-state index in [4.69, 9.17) is 17.4 Å². The Morgan fingerprint density at radius 1 is 1.17 bits per heavy atom. The van der Waals surface area contributed by atoms with Crippen molar-refractivity contribution in [3.05, 3.63) is 69.2 Å². The summed E-state index contributed by atoms with van der Waals surface area (Å²) in [6.45, 7) is 1.78. The molecule has 0 amide bonds. The number of fused-ring (bicyclic) bond motifs is 1. The van der Waals surface area contributed by atoms with E-state index >= 15 is 0 Å². The molecular formula is C16H15N3O3S2. The number of aromatic amines is 1. The summed E-state index contributed by atoms with van der Waals surface area (Å²) in [7, 11) is -3.82. The second-order valence-corrected chi connectivity index (χ2v) is 7.39. The van der Waals surface area contributed by atoms with Crippen molar-refractivity contribution < 1.29 is 8.42 Å². The molecular weight excluding hydrogens is 346 g/mol. The Labute approximate surface area is 143 Å². The molecule has 0 aliphatic heterocycles. The lowest BCUT2D eigenvalue weighted by molar-refractivity contribution is 0.591. The quantitative estimate of drug-likeness (QED) is 0.700. The molecule has 3 rings (SSSR count). The second kappa shape index (κ2) is 5.97. The first-order valence-corrected chi connectivity index (χ1v) is 9.11. The fourth-order valence-electron chi connectivity index (χ4n) is 2.63. The van der Waals surface area contributed by atoms with Gasteiger partial charge in [-0.2, -0.15) is 0 Å². The zero-order chi connectivity index (χ0) is 17.5. The number of hydrogen-bond acceptors (Lipinski definition) is 4. The molecule has 0 radical (unpaired) electrons. The Morgan fingerprint density at radius 2 is 1.88 bits per heavy atom. The number of aromatic nitrogens is 2. The molecule has 1 unspecified atom stereocenters. The van der Waals surface area contributed by atoms with Gasteiger partial charge in [-0.15, -0.1) is 0 Å². The molecule has 0 bridgehead atoms. The minimum Gasteiger partial charge on any atom is -0.332 e. The minimum absolute atomic E-state index is 0.00409. The largest absolute Gasteiger partial charge is 0.332 e. The highest BCUT2D eigenvalue weighted by atomic mass is 32.2. The van der Waals surface area contributed by atoms with Gasteiger partial charge in [0.25, 0.3) is 5.56 Å². The van der Waals surface area contributed by atoms with Crippen molar-refractivity contribution in [2.24, 2.45) is 5.14 Å². The predicted octanol–water partition coefficient (Wildman–Crippen LogP) is 2.32. The van der Waals surface area contributed by atoms with E-state index in [0.29, 0.717) is 16.5 Å². The number of benzene rings is 2. The summed E-state index contributed by atoms with van der Waals surface area (Å²) in [6, 6.07) is 12.8. The van der Waals surface area contributed by atoms with Gasteiger partial charge in [0.15, 0.2) is 4.77 Å². The van der Waals surface area contributed by atoms with Crippen LogP contribution in [0.25, 0.3) is 10.9 Å². The molecule has 1 heterocycles. The van der Waals surface area contributed by atoms with E-state index in [-0.39, 0.29) is 15.2 Å². The van der Waals surface area contributed by atoms with E-state index in [2.05, 4.69) is 4.98 Å². The van der Waals surface area contributed by atoms with E-state index in [1.54, 1.807) is 37.3 Å². The van der Waals surface area contributed by atoms with Crippen LogP contribution in [-0.2, 0) is 10.0 Å². The third-order valence-electron chi connectivity index (χ3n) is 3.89. The average Bonchev–Trinajstić information content (AvgIpc) is 2.54. The van der Waals surface area contributed by atoms with Crippen LogP contribution in [0.4, 0.5) is 0 Å². The molecule has 124 valence electrons. The Kier molecular flexibility index (Phi) is 4.12. The molecule has 3 N–H and O–H groups in total. The Bertz CT molecular complexity index is 1150. The van der Waals surface area contributed by atoms with E-state index in [0.717, 1.165) is 0 Å². The first-order valence-electron chi connectivity index (χ1n) is 7.15. The van der Waals surface area contributed by atoms with Gasteiger partial charge in [0, 0.05) is 0 Å². The maximum Gasteiger partial charge on any atom is 0.262 e. The summed E-state index contributed by atoms with van der Waals surface area (Å²) >= 11 is 5.31. The number of nitrogens with one attached hydrogen (secondary N) is 1. The van der Waals surface area contributed by atoms with Gasteiger partial charge in [-0.05, 0) is 49.0 Å². The van der Waals surface area contributed by atoms with Gasteiger partial charge in [-0.1, -0.05) is 24.3 Å². The van der Waals surface area contributed by atoms with Gasteiger partial charge in [0.05, 0.1) is 21.8 Å². The number of sulfonamides is 1. The molecule has 24 heavy (non-hydrogen) atoms. The summed E-state index contributed by atoms with van der Waals surface area (Å²) in [5.41, 5.74) is 1.05. The summed E-state index contributed by atoms with van der Waals surface area (Å²) in [5.74, 6) is 0. The van der Waals surface area contributed by atoms with Gasteiger partial charge in [-0.25, -0.2) is 13.6 Å². The van der Waals surface area contributed by atoms with Gasteiger partial charge in [0.2, 0.25) is 10.0 Å². The third-order valence-corrected chi connectivity index (χ3v) is 5.10. The zero-order valence-corrected chi connectivity index (χ0v) is 14.4. The molecule has 0 saturated heterocycles. The molecule has 6 nitrogen and oxygen atoms in total. The highest BCUT2D eigenvalue weighted by Gasteiger charge is 2.16. The van der Waals surface area contributed by atoms with Crippen LogP contribution in [0.1, 0.15) is 18.5 Å². The highest BCUT2D eigenvalue weighted by Crippen LogP contribution is 2.20. The second-order valence-electron chi connectivity index (χ2n) is 5.44. The molecule has 1 aromatic heterocycles. The lowest BCUT2D eigenvalue weighted by Crippen LogP contribution is -2.26. The van der Waals surface area contributed by atoms with Crippen LogP contribution < -0.4 is 10.7 Å². The molecule has 8 heteroatoms. The first-order chi connectivity index (χ1) is 11.3. The zero-order valence-electron chi connectivity index (χ0n) is 12.8. The molecule has 3 aromatic rings. The first kappa shape index (κ1) is 16.6. The lowest BCUT2D eigenvalue weighted by Gasteiger charge is -2.17. The Hall–Kier alpha value is -2.29. The van der Waals surface area contributed by atoms with E-state index in [9.17, 15) is 13.2 Å². The van der Waals surface area contributed by atoms with Crippen LogP contribution >= 0.6 is 12.2 Å². The maximum absolute atomic E-state index is 12.8. The molecule has 0 aliphatic carbocycles. The fraction of sp³-hybridized carbons (Fsp3) is 0.125. The van der Waals surface area contributed by atoms with Crippen molar-refractivity contribution in [2.45, 2.75) is 17.9 Å². The van der Waals surface area contributed by atoms with Crippen molar-refractivity contribution in [3.8, 4) is 0 Å². The van der Waals surface area contributed by atoms with Gasteiger partial charge < -0.3 is 4.98 Å². The van der Waals surface area contributed by atoms with Gasteiger partial charge in [-0.3, -0.25) is 9.36 Å². The maximum atomic E-state index is 12.8. The highest BCUT2D eigenvalue weighted by molar-refractivity contribution is 7.89. The van der Waals surface area contributed by atoms with Crippen LogP contribution in [0.3, 0.4) is 0 Å².